The summed E-state index contributed by atoms with van der Waals surface area (Å²) in [6.45, 7) is 5.77. The van der Waals surface area contributed by atoms with Crippen LogP contribution in [0.3, 0.4) is 0 Å². The first-order valence-electron chi connectivity index (χ1n) is 8.99. The van der Waals surface area contributed by atoms with Crippen LogP contribution in [0, 0.1) is 13.8 Å². The third kappa shape index (κ3) is 5.03. The van der Waals surface area contributed by atoms with Gasteiger partial charge in [0.25, 0.3) is 5.91 Å². The minimum atomic E-state index is -0.0180. The van der Waals surface area contributed by atoms with Crippen LogP contribution in [-0.2, 0) is 4.79 Å². The summed E-state index contributed by atoms with van der Waals surface area (Å²) < 4.78 is 1.16. The third-order valence-corrected chi connectivity index (χ3v) is 6.29. The molecule has 0 fully saturated rings. The van der Waals surface area contributed by atoms with Gasteiger partial charge in [0.15, 0.2) is 5.13 Å². The van der Waals surface area contributed by atoms with Gasteiger partial charge in [-0.3, -0.25) is 9.69 Å². The number of nitrogens with zero attached hydrogens (tertiary/aromatic N) is 3. The fraction of sp³-hybridized carbons (Fsp3) is 0.333. The molecule has 2 heterocycles. The summed E-state index contributed by atoms with van der Waals surface area (Å²) in [5.74, 6) is -0.0180. The van der Waals surface area contributed by atoms with Crippen LogP contribution < -0.4 is 4.90 Å². The monoisotopic (exact) mass is 399 g/mol. The second-order valence-corrected chi connectivity index (χ2v) is 8.88. The van der Waals surface area contributed by atoms with Gasteiger partial charge >= 0.3 is 0 Å². The summed E-state index contributed by atoms with van der Waals surface area (Å²) in [5.41, 5.74) is 3.38. The van der Waals surface area contributed by atoms with Crippen molar-refractivity contribution in [3.63, 3.8) is 0 Å². The van der Waals surface area contributed by atoms with Crippen LogP contribution in [0.15, 0.2) is 35.7 Å². The molecular weight excluding hydrogens is 374 g/mol. The van der Waals surface area contributed by atoms with Crippen molar-refractivity contribution in [3.05, 3.63) is 51.7 Å². The molecule has 0 spiro atoms. The summed E-state index contributed by atoms with van der Waals surface area (Å²) in [6.07, 6.45) is 4.44. The molecule has 0 saturated carbocycles. The van der Waals surface area contributed by atoms with Crippen LogP contribution >= 0.6 is 22.7 Å². The number of thiophene rings is 1. The largest absolute Gasteiger partial charge is 0.309 e. The van der Waals surface area contributed by atoms with Crippen molar-refractivity contribution in [3.8, 4) is 0 Å². The first kappa shape index (κ1) is 19.7. The Balaban J connectivity index is 1.88. The second-order valence-electron chi connectivity index (χ2n) is 6.92. The molecule has 3 aromatic rings. The minimum absolute atomic E-state index is 0.0180. The van der Waals surface area contributed by atoms with Crippen LogP contribution in [0.4, 0.5) is 5.13 Å². The highest BCUT2D eigenvalue weighted by Crippen LogP contribution is 2.32. The number of hydrogen-bond acceptors (Lipinski definition) is 5. The Morgan fingerprint density at radius 1 is 1.22 bits per heavy atom. The molecule has 0 aliphatic heterocycles. The molecule has 1 amide bonds. The van der Waals surface area contributed by atoms with E-state index < -0.39 is 0 Å². The average Bonchev–Trinajstić information content (AvgIpc) is 3.25. The fourth-order valence-corrected chi connectivity index (χ4v) is 4.62. The van der Waals surface area contributed by atoms with E-state index in [0.29, 0.717) is 6.54 Å². The molecule has 0 N–H and O–H groups in total. The Hall–Kier alpha value is -2.02. The summed E-state index contributed by atoms with van der Waals surface area (Å²) in [5, 5.41) is 2.79. The molecular formula is C21H25N3OS2. The summed E-state index contributed by atoms with van der Waals surface area (Å²) in [4.78, 5) is 22.7. The van der Waals surface area contributed by atoms with E-state index in [4.69, 9.17) is 4.98 Å². The zero-order valence-corrected chi connectivity index (χ0v) is 17.9. The third-order valence-electron chi connectivity index (χ3n) is 4.23. The molecule has 0 saturated heterocycles. The van der Waals surface area contributed by atoms with E-state index in [2.05, 4.69) is 30.9 Å². The molecule has 0 atom stereocenters. The molecule has 0 radical (unpaired) electrons. The smallest absolute Gasteiger partial charge is 0.252 e. The fourth-order valence-electron chi connectivity index (χ4n) is 2.96. The van der Waals surface area contributed by atoms with Crippen LogP contribution in [0.1, 0.15) is 22.4 Å². The van der Waals surface area contributed by atoms with E-state index in [-0.39, 0.29) is 5.91 Å². The van der Waals surface area contributed by atoms with E-state index >= 15 is 0 Å². The molecule has 2 aromatic heterocycles. The number of thiazole rings is 1. The number of carbonyl (C=O) groups excluding carboxylic acids is 1. The van der Waals surface area contributed by atoms with Crippen molar-refractivity contribution in [2.75, 3.05) is 32.1 Å². The Kier molecular flexibility index (Phi) is 6.42. The number of amides is 1. The molecule has 1 aromatic carbocycles. The van der Waals surface area contributed by atoms with Crippen molar-refractivity contribution >= 4 is 50.0 Å². The number of hydrogen-bond donors (Lipinski definition) is 0. The van der Waals surface area contributed by atoms with Gasteiger partial charge in [-0.2, -0.15) is 0 Å². The van der Waals surface area contributed by atoms with Gasteiger partial charge in [0, 0.05) is 17.5 Å². The lowest BCUT2D eigenvalue weighted by Crippen LogP contribution is -2.32. The van der Waals surface area contributed by atoms with Crippen LogP contribution in [-0.4, -0.2) is 43.0 Å². The maximum atomic E-state index is 12.9. The van der Waals surface area contributed by atoms with E-state index in [1.807, 2.05) is 42.6 Å². The SMILES string of the molecule is Cc1cc(C)c2sc(N(CCCN(C)C)C(=O)/C=C/c3cccs3)nc2c1. The highest BCUT2D eigenvalue weighted by Gasteiger charge is 2.18. The van der Waals surface area contributed by atoms with Gasteiger partial charge in [0.1, 0.15) is 0 Å². The van der Waals surface area contributed by atoms with Crippen molar-refractivity contribution in [1.29, 1.82) is 0 Å². The molecule has 142 valence electrons. The zero-order chi connectivity index (χ0) is 19.4. The maximum absolute atomic E-state index is 12.9. The van der Waals surface area contributed by atoms with E-state index in [1.54, 1.807) is 28.7 Å². The number of aromatic nitrogens is 1. The van der Waals surface area contributed by atoms with E-state index in [9.17, 15) is 4.79 Å². The predicted molar refractivity (Wildman–Crippen MR) is 118 cm³/mol. The van der Waals surface area contributed by atoms with Gasteiger partial charge in [-0.25, -0.2) is 4.98 Å². The van der Waals surface area contributed by atoms with Gasteiger partial charge in [-0.1, -0.05) is 23.5 Å². The summed E-state index contributed by atoms with van der Waals surface area (Å²) in [7, 11) is 4.10. The topological polar surface area (TPSA) is 36.4 Å². The second kappa shape index (κ2) is 8.78. The molecule has 3 rings (SSSR count). The van der Waals surface area contributed by atoms with E-state index in [0.717, 1.165) is 33.2 Å². The average molecular weight is 400 g/mol. The van der Waals surface area contributed by atoms with Crippen molar-refractivity contribution < 1.29 is 4.79 Å². The molecule has 0 bridgehead atoms. The lowest BCUT2D eigenvalue weighted by Gasteiger charge is -2.19. The molecule has 0 aliphatic carbocycles. The Labute approximate surface area is 168 Å². The number of fused-ring (bicyclic) bond motifs is 1. The molecule has 4 nitrogen and oxygen atoms in total. The van der Waals surface area contributed by atoms with Gasteiger partial charge in [-0.05, 0) is 75.6 Å². The molecule has 0 aliphatic rings. The minimum Gasteiger partial charge on any atom is -0.309 e. The van der Waals surface area contributed by atoms with Crippen LogP contribution in [0.2, 0.25) is 0 Å². The van der Waals surface area contributed by atoms with Crippen LogP contribution in [0.5, 0.6) is 0 Å². The Bertz CT molecular complexity index is 942. The predicted octanol–water partition coefficient (Wildman–Crippen LogP) is 4.97. The van der Waals surface area contributed by atoms with Gasteiger partial charge in [0.2, 0.25) is 0 Å². The first-order chi connectivity index (χ1) is 12.9. The zero-order valence-electron chi connectivity index (χ0n) is 16.2. The summed E-state index contributed by atoms with van der Waals surface area (Å²) in [6, 6.07) is 8.25. The van der Waals surface area contributed by atoms with Crippen molar-refractivity contribution in [2.45, 2.75) is 20.3 Å². The number of benzene rings is 1. The molecule has 0 unspecified atom stereocenters. The molecule has 27 heavy (non-hydrogen) atoms. The number of anilines is 1. The Morgan fingerprint density at radius 3 is 2.74 bits per heavy atom. The lowest BCUT2D eigenvalue weighted by molar-refractivity contribution is -0.114. The van der Waals surface area contributed by atoms with E-state index in [1.165, 1.54) is 11.1 Å². The normalized spacial score (nSPS) is 11.7. The quantitative estimate of drug-likeness (QED) is 0.526. The van der Waals surface area contributed by atoms with Gasteiger partial charge in [0.05, 0.1) is 10.2 Å². The summed E-state index contributed by atoms with van der Waals surface area (Å²) >= 11 is 3.22. The first-order valence-corrected chi connectivity index (χ1v) is 10.7. The van der Waals surface area contributed by atoms with Crippen molar-refractivity contribution in [2.24, 2.45) is 0 Å². The highest BCUT2D eigenvalue weighted by atomic mass is 32.1. The van der Waals surface area contributed by atoms with Crippen molar-refractivity contribution in [1.82, 2.24) is 9.88 Å². The Morgan fingerprint density at radius 2 is 2.04 bits per heavy atom. The maximum Gasteiger partial charge on any atom is 0.252 e. The number of rotatable bonds is 7. The van der Waals surface area contributed by atoms with Crippen LogP contribution in [0.25, 0.3) is 16.3 Å². The lowest BCUT2D eigenvalue weighted by atomic mass is 10.1. The standard InChI is InChI=1S/C21H25N3OS2/c1-15-13-16(2)20-18(14-15)22-21(27-20)24(11-6-10-23(3)4)19(25)9-8-17-7-5-12-26-17/h5,7-9,12-14H,6,10-11H2,1-4H3/b9-8+. The molecule has 6 heteroatoms. The number of aryl methyl sites for hydroxylation is 2. The van der Waals surface area contributed by atoms with Gasteiger partial charge in [-0.15, -0.1) is 11.3 Å². The highest BCUT2D eigenvalue weighted by molar-refractivity contribution is 7.22. The number of carbonyl (C=O) groups is 1. The van der Waals surface area contributed by atoms with Gasteiger partial charge < -0.3 is 4.90 Å².